The summed E-state index contributed by atoms with van der Waals surface area (Å²) < 4.78 is 4.71. The quantitative estimate of drug-likeness (QED) is 0.164. The van der Waals surface area contributed by atoms with Gasteiger partial charge in [-0.15, -0.1) is 0 Å². The van der Waals surface area contributed by atoms with Gasteiger partial charge in [-0.3, -0.25) is 0 Å². The maximum absolute atomic E-state index is 10.8. The average molecular weight is 715 g/mol. The SMILES string of the molecule is [C-]#[N+]c1cccc(C#N)c1-c1c(-n2c3ccc(-c4ccccc4)cc3c3cc(-c4ccccc4)ccc32)ccc2c3ccccc3n(-c3c(C)cccc3C)c12. The molecule has 0 saturated carbocycles. The van der Waals surface area contributed by atoms with Crippen LogP contribution in [0.15, 0.2) is 170 Å². The molecule has 2 heterocycles. The fourth-order valence-electron chi connectivity index (χ4n) is 8.76. The van der Waals surface area contributed by atoms with Crippen LogP contribution in [0.1, 0.15) is 16.7 Å². The van der Waals surface area contributed by atoms with Crippen molar-refractivity contribution in [1.29, 1.82) is 5.26 Å². The van der Waals surface area contributed by atoms with Crippen molar-refractivity contribution in [2.75, 3.05) is 0 Å². The van der Waals surface area contributed by atoms with E-state index in [1.54, 1.807) is 0 Å². The van der Waals surface area contributed by atoms with Gasteiger partial charge >= 0.3 is 0 Å². The Bertz CT molecular complexity index is 3130. The van der Waals surface area contributed by atoms with Gasteiger partial charge in [0.05, 0.1) is 46.1 Å². The van der Waals surface area contributed by atoms with Crippen molar-refractivity contribution < 1.29 is 0 Å². The minimum absolute atomic E-state index is 0.439. The maximum atomic E-state index is 10.8. The number of hydrogen-bond donors (Lipinski definition) is 0. The smallest absolute Gasteiger partial charge is 0.196 e. The molecule has 0 atom stereocenters. The van der Waals surface area contributed by atoms with E-state index in [1.165, 1.54) is 0 Å². The summed E-state index contributed by atoms with van der Waals surface area (Å²) in [6.45, 7) is 12.7. The molecule has 4 heteroatoms. The summed E-state index contributed by atoms with van der Waals surface area (Å²) in [7, 11) is 0. The highest BCUT2D eigenvalue weighted by Crippen LogP contribution is 2.48. The van der Waals surface area contributed by atoms with Crippen LogP contribution in [0.2, 0.25) is 0 Å². The van der Waals surface area contributed by atoms with Crippen molar-refractivity contribution in [2.45, 2.75) is 13.8 Å². The van der Waals surface area contributed by atoms with Gasteiger partial charge in [0.25, 0.3) is 0 Å². The van der Waals surface area contributed by atoms with Crippen molar-refractivity contribution in [3.05, 3.63) is 198 Å². The highest BCUT2D eigenvalue weighted by molar-refractivity contribution is 6.18. The van der Waals surface area contributed by atoms with E-state index in [0.29, 0.717) is 16.8 Å². The first kappa shape index (κ1) is 32.9. The molecule has 0 fully saturated rings. The molecule has 10 aromatic rings. The number of aromatic nitrogens is 2. The molecule has 4 nitrogen and oxygen atoms in total. The monoisotopic (exact) mass is 714 g/mol. The van der Waals surface area contributed by atoms with E-state index in [0.717, 1.165) is 93.9 Å². The second-order valence-corrected chi connectivity index (χ2v) is 14.4. The molecule has 262 valence electrons. The van der Waals surface area contributed by atoms with Crippen LogP contribution in [-0.2, 0) is 0 Å². The highest BCUT2D eigenvalue weighted by atomic mass is 15.0. The Hall–Kier alpha value is -7.66. The van der Waals surface area contributed by atoms with Gasteiger partial charge < -0.3 is 9.13 Å². The molecule has 0 radical (unpaired) electrons. The molecule has 0 unspecified atom stereocenters. The fraction of sp³-hybridized carbons (Fsp3) is 0.0385. The van der Waals surface area contributed by atoms with E-state index < -0.39 is 0 Å². The number of nitriles is 1. The van der Waals surface area contributed by atoms with Crippen LogP contribution < -0.4 is 0 Å². The van der Waals surface area contributed by atoms with Crippen LogP contribution in [0.3, 0.4) is 0 Å². The molecular formula is C52H34N4. The lowest BCUT2D eigenvalue weighted by Crippen LogP contribution is -2.04. The Morgan fingerprint density at radius 3 is 1.66 bits per heavy atom. The molecule has 0 N–H and O–H groups in total. The molecule has 0 aliphatic heterocycles. The zero-order valence-corrected chi connectivity index (χ0v) is 31.0. The van der Waals surface area contributed by atoms with Crippen molar-refractivity contribution in [1.82, 2.24) is 9.13 Å². The number of aryl methyl sites for hydroxylation is 2. The molecule has 0 bridgehead atoms. The first-order chi connectivity index (χ1) is 27.6. The summed E-state index contributed by atoms with van der Waals surface area (Å²) in [5.74, 6) is 0. The van der Waals surface area contributed by atoms with Crippen LogP contribution in [-0.4, -0.2) is 9.13 Å². The second kappa shape index (κ2) is 13.0. The van der Waals surface area contributed by atoms with Gasteiger partial charge in [-0.05, 0) is 89.7 Å². The van der Waals surface area contributed by atoms with E-state index >= 15 is 0 Å². The molecule has 2 aromatic heterocycles. The van der Waals surface area contributed by atoms with Gasteiger partial charge in [0.1, 0.15) is 0 Å². The Balaban J connectivity index is 1.42. The summed E-state index contributed by atoms with van der Waals surface area (Å²) in [6, 6.07) is 61.8. The lowest BCUT2D eigenvalue weighted by Gasteiger charge is -2.21. The third-order valence-electron chi connectivity index (χ3n) is 11.2. The number of benzene rings is 8. The van der Waals surface area contributed by atoms with Crippen molar-refractivity contribution in [2.24, 2.45) is 0 Å². The Labute approximate surface area is 325 Å². The summed E-state index contributed by atoms with van der Waals surface area (Å²) in [6.07, 6.45) is 0. The van der Waals surface area contributed by atoms with E-state index in [4.69, 9.17) is 6.57 Å². The molecule has 8 aromatic carbocycles. The summed E-state index contributed by atoms with van der Waals surface area (Å²) >= 11 is 0. The van der Waals surface area contributed by atoms with E-state index in [9.17, 15) is 5.26 Å². The molecule has 56 heavy (non-hydrogen) atoms. The van der Waals surface area contributed by atoms with E-state index in [1.807, 2.05) is 30.3 Å². The Morgan fingerprint density at radius 1 is 0.482 bits per heavy atom. The molecule has 0 amide bonds. The van der Waals surface area contributed by atoms with Gasteiger partial charge in [0.15, 0.2) is 5.69 Å². The highest BCUT2D eigenvalue weighted by Gasteiger charge is 2.27. The van der Waals surface area contributed by atoms with Crippen LogP contribution >= 0.6 is 0 Å². The van der Waals surface area contributed by atoms with E-state index in [-0.39, 0.29) is 0 Å². The van der Waals surface area contributed by atoms with Gasteiger partial charge in [0.2, 0.25) is 0 Å². The minimum Gasteiger partial charge on any atom is -0.309 e. The van der Waals surface area contributed by atoms with Crippen LogP contribution in [0.25, 0.3) is 93.2 Å². The minimum atomic E-state index is 0.439. The predicted molar refractivity (Wildman–Crippen MR) is 232 cm³/mol. The van der Waals surface area contributed by atoms with Crippen LogP contribution in [0.4, 0.5) is 5.69 Å². The topological polar surface area (TPSA) is 38.0 Å². The first-order valence-corrected chi connectivity index (χ1v) is 18.8. The van der Waals surface area contributed by atoms with E-state index in [2.05, 4.69) is 173 Å². The fourth-order valence-corrected chi connectivity index (χ4v) is 8.76. The van der Waals surface area contributed by atoms with Gasteiger partial charge in [0, 0.05) is 38.2 Å². The molecule has 0 aliphatic carbocycles. The maximum Gasteiger partial charge on any atom is 0.196 e. The number of para-hydroxylation sites is 2. The standard InChI is InChI=1S/C52H34N4/c1-33-14-12-15-34(2)51(33)56-45-23-11-10-21-40(45)41-26-29-48(50(52(41)56)49-39(32-53)20-13-22-44(49)54-3)55-46-27-24-37(35-16-6-4-7-17-35)30-42(46)43-31-38(25-28-47(43)55)36-18-8-5-9-19-36/h4-31H,1-2H3. The largest absolute Gasteiger partial charge is 0.309 e. The van der Waals surface area contributed by atoms with Crippen molar-refractivity contribution in [3.8, 4) is 50.8 Å². The zero-order valence-electron chi connectivity index (χ0n) is 31.0. The first-order valence-electron chi connectivity index (χ1n) is 18.8. The molecular weight excluding hydrogens is 681 g/mol. The lowest BCUT2D eigenvalue weighted by atomic mass is 9.93. The Morgan fingerprint density at radius 2 is 1.05 bits per heavy atom. The van der Waals surface area contributed by atoms with Gasteiger partial charge in [-0.1, -0.05) is 127 Å². The number of hydrogen-bond acceptors (Lipinski definition) is 1. The van der Waals surface area contributed by atoms with Crippen LogP contribution in [0, 0.1) is 31.8 Å². The number of rotatable bonds is 5. The van der Waals surface area contributed by atoms with Crippen LogP contribution in [0.5, 0.6) is 0 Å². The molecule has 0 spiro atoms. The summed E-state index contributed by atoms with van der Waals surface area (Å²) in [4.78, 5) is 4.07. The normalized spacial score (nSPS) is 11.4. The summed E-state index contributed by atoms with van der Waals surface area (Å²) in [5, 5.41) is 15.2. The Kier molecular flexibility index (Phi) is 7.66. The molecule has 0 aliphatic rings. The average Bonchev–Trinajstić information content (AvgIpc) is 3.75. The molecule has 0 saturated heterocycles. The predicted octanol–water partition coefficient (Wildman–Crippen LogP) is 13.9. The summed E-state index contributed by atoms with van der Waals surface area (Å²) in [5.41, 5.74) is 15.4. The number of fused-ring (bicyclic) bond motifs is 6. The zero-order chi connectivity index (χ0) is 37.9. The third kappa shape index (κ3) is 4.98. The third-order valence-corrected chi connectivity index (χ3v) is 11.2. The van der Waals surface area contributed by atoms with Gasteiger partial charge in [-0.25, -0.2) is 4.85 Å². The molecule has 10 rings (SSSR count). The van der Waals surface area contributed by atoms with Crippen molar-refractivity contribution in [3.63, 3.8) is 0 Å². The lowest BCUT2D eigenvalue weighted by molar-refractivity contribution is 1.11. The van der Waals surface area contributed by atoms with Gasteiger partial charge in [-0.2, -0.15) is 5.26 Å². The van der Waals surface area contributed by atoms with Crippen molar-refractivity contribution >= 4 is 49.3 Å². The number of nitrogens with zero attached hydrogens (tertiary/aromatic N) is 4. The second-order valence-electron chi connectivity index (χ2n) is 14.4.